The molecule has 7 heteroatoms. The molecule has 0 N–H and O–H groups in total. The number of nitrogens with zero attached hydrogens (tertiary/aromatic N) is 6. The summed E-state index contributed by atoms with van der Waals surface area (Å²) in [5.74, 6) is 0.945. The van der Waals surface area contributed by atoms with Gasteiger partial charge in [-0.15, -0.1) is 0 Å². The van der Waals surface area contributed by atoms with Crippen LogP contribution in [0.25, 0.3) is 0 Å². The van der Waals surface area contributed by atoms with Crippen LogP contribution in [0.3, 0.4) is 0 Å². The summed E-state index contributed by atoms with van der Waals surface area (Å²) in [6.45, 7) is 35.4. The van der Waals surface area contributed by atoms with E-state index in [1.165, 1.54) is 111 Å². The highest BCUT2D eigenvalue weighted by Crippen LogP contribution is 2.21. The molecular formula is C32H66N6O. The maximum Gasteiger partial charge on any atom is 0.0593 e. The van der Waals surface area contributed by atoms with Crippen molar-refractivity contribution in [3.8, 4) is 0 Å². The average molecular weight is 551 g/mol. The predicted molar refractivity (Wildman–Crippen MR) is 167 cm³/mol. The summed E-state index contributed by atoms with van der Waals surface area (Å²) in [6, 6.07) is 2.98. The SMILES string of the molecule is CC(C)N1CCC(CN2CCN(C(C)C)CC2)CC1.CCOCCN1CCC(N2CCN(C(C)C)CC2)CC1. The lowest BCUT2D eigenvalue weighted by Gasteiger charge is -2.43. The van der Waals surface area contributed by atoms with Gasteiger partial charge in [0.2, 0.25) is 0 Å². The topological polar surface area (TPSA) is 28.7 Å². The number of hydrogen-bond donors (Lipinski definition) is 0. The highest BCUT2D eigenvalue weighted by molar-refractivity contribution is 4.84. The maximum atomic E-state index is 5.46. The molecule has 0 aromatic rings. The van der Waals surface area contributed by atoms with Crippen LogP contribution in [0.2, 0.25) is 0 Å². The minimum absolute atomic E-state index is 0.706. The molecule has 0 radical (unpaired) electrons. The Balaban J connectivity index is 0.000000216. The summed E-state index contributed by atoms with van der Waals surface area (Å²) in [5, 5.41) is 0. The molecule has 0 atom stereocenters. The predicted octanol–water partition coefficient (Wildman–Crippen LogP) is 3.65. The van der Waals surface area contributed by atoms with E-state index in [9.17, 15) is 0 Å². The molecule has 7 nitrogen and oxygen atoms in total. The van der Waals surface area contributed by atoms with Crippen molar-refractivity contribution < 1.29 is 4.74 Å². The van der Waals surface area contributed by atoms with E-state index in [-0.39, 0.29) is 0 Å². The summed E-state index contributed by atoms with van der Waals surface area (Å²) in [6.07, 6.45) is 5.49. The third-order valence-corrected chi connectivity index (χ3v) is 9.94. The molecule has 4 heterocycles. The van der Waals surface area contributed by atoms with Gasteiger partial charge >= 0.3 is 0 Å². The second kappa shape index (κ2) is 17.6. The first kappa shape index (κ1) is 33.2. The van der Waals surface area contributed by atoms with Crippen LogP contribution in [0.4, 0.5) is 0 Å². The first-order valence-corrected chi connectivity index (χ1v) is 16.7. The lowest BCUT2D eigenvalue weighted by atomic mass is 9.95. The van der Waals surface area contributed by atoms with Crippen molar-refractivity contribution >= 4 is 0 Å². The number of hydrogen-bond acceptors (Lipinski definition) is 7. The molecule has 230 valence electrons. The van der Waals surface area contributed by atoms with Crippen LogP contribution in [0.1, 0.15) is 74.1 Å². The van der Waals surface area contributed by atoms with Crippen molar-refractivity contribution in [2.75, 3.05) is 105 Å². The molecule has 39 heavy (non-hydrogen) atoms. The van der Waals surface area contributed by atoms with E-state index in [1.807, 2.05) is 0 Å². The Labute approximate surface area is 243 Å². The molecule has 4 fully saturated rings. The van der Waals surface area contributed by atoms with Gasteiger partial charge in [-0.05, 0) is 106 Å². The molecule has 0 unspecified atom stereocenters. The fourth-order valence-electron chi connectivity index (χ4n) is 6.94. The Kier molecular flexibility index (Phi) is 15.0. The standard InChI is InChI=1S/C16H33N3O.C16H33N3/c1-4-20-14-13-17-7-5-16(6-8-17)19-11-9-18(10-12-19)15(2)3;1-14(2)18-7-5-16(6-8-18)13-17-9-11-19(12-10-17)15(3)4/h15-16H,4-14H2,1-3H3;14-16H,5-13H2,1-4H3. The normalized spacial score (nSPS) is 25.1. The third kappa shape index (κ3) is 11.5. The van der Waals surface area contributed by atoms with E-state index in [1.54, 1.807) is 0 Å². The number of likely N-dealkylation sites (tertiary alicyclic amines) is 2. The summed E-state index contributed by atoms with van der Waals surface area (Å²) >= 11 is 0. The number of ether oxygens (including phenoxy) is 1. The summed E-state index contributed by atoms with van der Waals surface area (Å²) < 4.78 is 5.46. The van der Waals surface area contributed by atoms with Crippen molar-refractivity contribution in [2.45, 2.75) is 98.3 Å². The van der Waals surface area contributed by atoms with Crippen LogP contribution in [0, 0.1) is 5.92 Å². The Hall–Kier alpha value is -0.280. The van der Waals surface area contributed by atoms with Crippen molar-refractivity contribution in [1.82, 2.24) is 29.4 Å². The molecule has 4 rings (SSSR count). The molecule has 4 saturated heterocycles. The van der Waals surface area contributed by atoms with Crippen LogP contribution in [-0.2, 0) is 4.74 Å². The van der Waals surface area contributed by atoms with Crippen molar-refractivity contribution in [1.29, 1.82) is 0 Å². The van der Waals surface area contributed by atoms with Gasteiger partial charge in [0.15, 0.2) is 0 Å². The zero-order chi connectivity index (χ0) is 28.2. The summed E-state index contributed by atoms with van der Waals surface area (Å²) in [4.78, 5) is 15.8. The van der Waals surface area contributed by atoms with Crippen LogP contribution in [0.15, 0.2) is 0 Å². The average Bonchev–Trinajstić information content (AvgIpc) is 2.94. The van der Waals surface area contributed by atoms with E-state index in [4.69, 9.17) is 4.74 Å². The number of piperidine rings is 2. The second-order valence-electron chi connectivity index (χ2n) is 13.4. The van der Waals surface area contributed by atoms with E-state index in [0.29, 0.717) is 6.04 Å². The molecule has 0 aromatic heterocycles. The monoisotopic (exact) mass is 551 g/mol. The van der Waals surface area contributed by atoms with Crippen molar-refractivity contribution in [2.24, 2.45) is 5.92 Å². The highest BCUT2D eigenvalue weighted by atomic mass is 16.5. The van der Waals surface area contributed by atoms with Crippen molar-refractivity contribution in [3.05, 3.63) is 0 Å². The van der Waals surface area contributed by atoms with E-state index in [0.717, 1.165) is 43.8 Å². The van der Waals surface area contributed by atoms with E-state index < -0.39 is 0 Å². The van der Waals surface area contributed by atoms with Crippen LogP contribution in [-0.4, -0.2) is 158 Å². The van der Waals surface area contributed by atoms with Gasteiger partial charge in [0.1, 0.15) is 0 Å². The molecule has 0 saturated carbocycles. The highest BCUT2D eigenvalue weighted by Gasteiger charge is 2.28. The minimum atomic E-state index is 0.706. The molecule has 4 aliphatic heterocycles. The van der Waals surface area contributed by atoms with Gasteiger partial charge in [0.25, 0.3) is 0 Å². The summed E-state index contributed by atoms with van der Waals surface area (Å²) in [7, 11) is 0. The van der Waals surface area contributed by atoms with Gasteiger partial charge in [0, 0.05) is 96.2 Å². The lowest BCUT2D eigenvalue weighted by molar-refractivity contribution is 0.0401. The fourth-order valence-corrected chi connectivity index (χ4v) is 6.94. The van der Waals surface area contributed by atoms with Crippen LogP contribution >= 0.6 is 0 Å². The van der Waals surface area contributed by atoms with Crippen LogP contribution < -0.4 is 0 Å². The van der Waals surface area contributed by atoms with Gasteiger partial charge in [-0.2, -0.15) is 0 Å². The quantitative estimate of drug-likeness (QED) is 0.384. The molecule has 0 aromatic carbocycles. The fraction of sp³-hybridized carbons (Fsp3) is 1.00. The van der Waals surface area contributed by atoms with Gasteiger partial charge in [-0.1, -0.05) is 0 Å². The molecule has 0 amide bonds. The Bertz CT molecular complexity index is 588. The third-order valence-electron chi connectivity index (χ3n) is 9.94. The molecular weight excluding hydrogens is 484 g/mol. The Morgan fingerprint density at radius 3 is 1.54 bits per heavy atom. The first-order chi connectivity index (χ1) is 18.8. The van der Waals surface area contributed by atoms with Crippen LogP contribution in [0.5, 0.6) is 0 Å². The zero-order valence-corrected chi connectivity index (χ0v) is 27.1. The first-order valence-electron chi connectivity index (χ1n) is 16.7. The van der Waals surface area contributed by atoms with Crippen molar-refractivity contribution in [3.63, 3.8) is 0 Å². The Morgan fingerprint density at radius 2 is 1.05 bits per heavy atom. The molecule has 0 aliphatic carbocycles. The second-order valence-corrected chi connectivity index (χ2v) is 13.4. The van der Waals surface area contributed by atoms with Gasteiger partial charge in [-0.25, -0.2) is 0 Å². The van der Waals surface area contributed by atoms with Gasteiger partial charge in [0.05, 0.1) is 6.61 Å². The Morgan fingerprint density at radius 1 is 0.564 bits per heavy atom. The number of piperazine rings is 2. The summed E-state index contributed by atoms with van der Waals surface area (Å²) in [5.41, 5.74) is 0. The maximum absolute atomic E-state index is 5.46. The molecule has 4 aliphatic rings. The minimum Gasteiger partial charge on any atom is -0.380 e. The zero-order valence-electron chi connectivity index (χ0n) is 27.1. The van der Waals surface area contributed by atoms with Gasteiger partial charge in [-0.3, -0.25) is 14.7 Å². The van der Waals surface area contributed by atoms with E-state index >= 15 is 0 Å². The largest absolute Gasteiger partial charge is 0.380 e. The van der Waals surface area contributed by atoms with E-state index in [2.05, 4.69) is 77.9 Å². The molecule has 0 bridgehead atoms. The van der Waals surface area contributed by atoms with Gasteiger partial charge < -0.3 is 19.4 Å². The smallest absolute Gasteiger partial charge is 0.0593 e. The molecule has 0 spiro atoms. The lowest BCUT2D eigenvalue weighted by Crippen LogP contribution is -2.54. The number of rotatable bonds is 10.